The summed E-state index contributed by atoms with van der Waals surface area (Å²) in [7, 11) is 0. The first-order valence-electron chi connectivity index (χ1n) is 9.62. The van der Waals surface area contributed by atoms with Crippen molar-refractivity contribution in [1.29, 1.82) is 0 Å². The molecule has 6 nitrogen and oxygen atoms in total. The molecular formula is C19H24N4O2S2. The molecule has 8 heteroatoms. The highest BCUT2D eigenvalue weighted by Gasteiger charge is 2.23. The largest absolute Gasteiger partial charge is 0.335 e. The lowest BCUT2D eigenvalue weighted by Crippen LogP contribution is -2.45. The fourth-order valence-electron chi connectivity index (χ4n) is 3.93. The summed E-state index contributed by atoms with van der Waals surface area (Å²) in [5, 5.41) is 7.34. The number of hydrogen-bond donors (Lipinski definition) is 2. The number of nitrogens with zero attached hydrogens (tertiary/aromatic N) is 2. The molecule has 2 heterocycles. The summed E-state index contributed by atoms with van der Waals surface area (Å²) in [6.45, 7) is 1.88. The van der Waals surface area contributed by atoms with Crippen molar-refractivity contribution in [3.63, 3.8) is 0 Å². The van der Waals surface area contributed by atoms with Crippen LogP contribution in [0.25, 0.3) is 10.2 Å². The molecule has 0 bridgehead atoms. The van der Waals surface area contributed by atoms with E-state index in [0.717, 1.165) is 59.6 Å². The van der Waals surface area contributed by atoms with Crippen LogP contribution in [-0.4, -0.2) is 33.7 Å². The number of thiophene rings is 1. The van der Waals surface area contributed by atoms with E-state index in [1.807, 2.05) is 6.92 Å². The van der Waals surface area contributed by atoms with Crippen molar-refractivity contribution in [2.24, 2.45) is 0 Å². The zero-order chi connectivity index (χ0) is 18.8. The number of carbonyl (C=O) groups is 2. The lowest BCUT2D eigenvalue weighted by atomic mass is 9.96. The van der Waals surface area contributed by atoms with Gasteiger partial charge in [0.05, 0.1) is 5.75 Å². The molecule has 3 amide bonds. The van der Waals surface area contributed by atoms with Gasteiger partial charge in [-0.25, -0.2) is 14.8 Å². The van der Waals surface area contributed by atoms with Crippen LogP contribution in [0.5, 0.6) is 0 Å². The summed E-state index contributed by atoms with van der Waals surface area (Å²) in [6, 6.07) is -0.190. The van der Waals surface area contributed by atoms with Crippen LogP contribution in [0.4, 0.5) is 4.79 Å². The Bertz CT molecular complexity index is 874. The minimum Gasteiger partial charge on any atom is -0.335 e. The van der Waals surface area contributed by atoms with Crippen molar-refractivity contribution < 1.29 is 9.59 Å². The topological polar surface area (TPSA) is 84.0 Å². The van der Waals surface area contributed by atoms with Gasteiger partial charge >= 0.3 is 6.03 Å². The Labute approximate surface area is 166 Å². The molecule has 2 aliphatic rings. The van der Waals surface area contributed by atoms with Crippen molar-refractivity contribution in [2.45, 2.75) is 69.4 Å². The number of imide groups is 1. The van der Waals surface area contributed by atoms with E-state index in [0.29, 0.717) is 0 Å². The number of carbonyl (C=O) groups excluding carboxylic acids is 2. The van der Waals surface area contributed by atoms with Gasteiger partial charge in [-0.2, -0.15) is 0 Å². The van der Waals surface area contributed by atoms with Crippen LogP contribution in [-0.2, 0) is 17.6 Å². The molecule has 0 radical (unpaired) electrons. The standard InChI is InChI=1S/C19H24N4O2S2/c1-11-20-17(16-13-8-5-9-14(13)27-18(16)21-11)26-10-15(24)23-19(25)22-12-6-3-2-4-7-12/h12H,2-10H2,1H3,(H2,22,23,24,25). The smallest absolute Gasteiger partial charge is 0.321 e. The second-order valence-electron chi connectivity index (χ2n) is 7.26. The zero-order valence-corrected chi connectivity index (χ0v) is 17.1. The van der Waals surface area contributed by atoms with E-state index in [2.05, 4.69) is 20.6 Å². The molecule has 0 saturated heterocycles. The van der Waals surface area contributed by atoms with Gasteiger partial charge in [0.1, 0.15) is 15.7 Å². The average molecular weight is 405 g/mol. The van der Waals surface area contributed by atoms with Gasteiger partial charge in [-0.3, -0.25) is 10.1 Å². The molecule has 0 spiro atoms. The molecular weight excluding hydrogens is 380 g/mol. The third-order valence-corrected chi connectivity index (χ3v) is 7.34. The summed E-state index contributed by atoms with van der Waals surface area (Å²) in [5.74, 6) is 0.610. The lowest BCUT2D eigenvalue weighted by molar-refractivity contribution is -0.117. The maximum atomic E-state index is 12.2. The van der Waals surface area contributed by atoms with E-state index in [-0.39, 0.29) is 23.7 Å². The van der Waals surface area contributed by atoms with Crippen molar-refractivity contribution in [3.05, 3.63) is 16.3 Å². The fraction of sp³-hybridized carbons (Fsp3) is 0.579. The number of thioether (sulfide) groups is 1. The van der Waals surface area contributed by atoms with Gasteiger partial charge in [0.25, 0.3) is 0 Å². The van der Waals surface area contributed by atoms with Gasteiger partial charge in [0, 0.05) is 16.3 Å². The number of fused-ring (bicyclic) bond motifs is 3. The van der Waals surface area contributed by atoms with Crippen LogP contribution in [0.15, 0.2) is 5.03 Å². The number of aryl methyl sites for hydroxylation is 3. The van der Waals surface area contributed by atoms with Gasteiger partial charge in [-0.05, 0) is 44.6 Å². The van der Waals surface area contributed by atoms with Crippen molar-refractivity contribution in [3.8, 4) is 0 Å². The number of rotatable bonds is 4. The Morgan fingerprint density at radius 3 is 2.78 bits per heavy atom. The highest BCUT2D eigenvalue weighted by Crippen LogP contribution is 2.40. The Kier molecular flexibility index (Phi) is 5.63. The van der Waals surface area contributed by atoms with Crippen LogP contribution < -0.4 is 10.6 Å². The number of hydrogen-bond acceptors (Lipinski definition) is 6. The molecule has 2 aromatic rings. The molecule has 1 fully saturated rings. The Balaban J connectivity index is 1.38. The maximum Gasteiger partial charge on any atom is 0.321 e. The molecule has 0 aromatic carbocycles. The molecule has 0 atom stereocenters. The number of aromatic nitrogens is 2. The van der Waals surface area contributed by atoms with E-state index in [1.54, 1.807) is 11.3 Å². The van der Waals surface area contributed by atoms with E-state index in [4.69, 9.17) is 0 Å². The van der Waals surface area contributed by atoms with Gasteiger partial charge < -0.3 is 5.32 Å². The monoisotopic (exact) mass is 404 g/mol. The number of amides is 3. The molecule has 2 aromatic heterocycles. The Morgan fingerprint density at radius 2 is 1.96 bits per heavy atom. The summed E-state index contributed by atoms with van der Waals surface area (Å²) in [5.41, 5.74) is 1.35. The second kappa shape index (κ2) is 8.14. The highest BCUT2D eigenvalue weighted by molar-refractivity contribution is 8.00. The molecule has 0 unspecified atom stereocenters. The van der Waals surface area contributed by atoms with Gasteiger partial charge in [0.15, 0.2) is 0 Å². The van der Waals surface area contributed by atoms with E-state index < -0.39 is 0 Å². The summed E-state index contributed by atoms with van der Waals surface area (Å²) < 4.78 is 0. The van der Waals surface area contributed by atoms with Crippen molar-refractivity contribution in [2.75, 3.05) is 5.75 Å². The van der Waals surface area contributed by atoms with Crippen LogP contribution in [0, 0.1) is 6.92 Å². The van der Waals surface area contributed by atoms with Crippen LogP contribution in [0.3, 0.4) is 0 Å². The predicted molar refractivity (Wildman–Crippen MR) is 108 cm³/mol. The van der Waals surface area contributed by atoms with Crippen molar-refractivity contribution in [1.82, 2.24) is 20.6 Å². The first-order chi connectivity index (χ1) is 13.1. The molecule has 1 saturated carbocycles. The minimum atomic E-state index is -0.382. The SMILES string of the molecule is Cc1nc(SCC(=O)NC(=O)NC2CCCCC2)c2c3c(sc2n1)CCC3. The van der Waals surface area contributed by atoms with Crippen LogP contribution >= 0.6 is 23.1 Å². The van der Waals surface area contributed by atoms with Crippen LogP contribution in [0.2, 0.25) is 0 Å². The highest BCUT2D eigenvalue weighted by atomic mass is 32.2. The fourth-order valence-corrected chi connectivity index (χ4v) is 6.21. The van der Waals surface area contributed by atoms with Gasteiger partial charge in [-0.15, -0.1) is 11.3 Å². The maximum absolute atomic E-state index is 12.2. The number of urea groups is 1. The summed E-state index contributed by atoms with van der Waals surface area (Å²) in [6.07, 6.45) is 8.86. The summed E-state index contributed by atoms with van der Waals surface area (Å²) >= 11 is 3.14. The van der Waals surface area contributed by atoms with E-state index >= 15 is 0 Å². The molecule has 0 aliphatic heterocycles. The lowest BCUT2D eigenvalue weighted by Gasteiger charge is -2.22. The van der Waals surface area contributed by atoms with E-state index in [1.165, 1.54) is 35.0 Å². The first-order valence-corrected chi connectivity index (χ1v) is 11.4. The Morgan fingerprint density at radius 1 is 1.15 bits per heavy atom. The van der Waals surface area contributed by atoms with Crippen LogP contribution in [0.1, 0.15) is 54.8 Å². The van der Waals surface area contributed by atoms with Gasteiger partial charge in [0.2, 0.25) is 5.91 Å². The predicted octanol–water partition coefficient (Wildman–Crippen LogP) is 3.74. The third kappa shape index (κ3) is 4.27. The minimum absolute atomic E-state index is 0.175. The number of nitrogens with one attached hydrogen (secondary N) is 2. The third-order valence-electron chi connectivity index (χ3n) is 5.18. The first kappa shape index (κ1) is 18.7. The normalized spacial score (nSPS) is 17.1. The zero-order valence-electron chi connectivity index (χ0n) is 15.5. The molecule has 2 aliphatic carbocycles. The average Bonchev–Trinajstić information content (AvgIpc) is 3.21. The molecule has 2 N–H and O–H groups in total. The van der Waals surface area contributed by atoms with Crippen molar-refractivity contribution >= 4 is 45.3 Å². The molecule has 4 rings (SSSR count). The molecule has 144 valence electrons. The van der Waals surface area contributed by atoms with E-state index in [9.17, 15) is 9.59 Å². The van der Waals surface area contributed by atoms with Gasteiger partial charge in [-0.1, -0.05) is 31.0 Å². The molecule has 27 heavy (non-hydrogen) atoms. The quantitative estimate of drug-likeness (QED) is 0.599. The summed E-state index contributed by atoms with van der Waals surface area (Å²) in [4.78, 5) is 35.8. The second-order valence-corrected chi connectivity index (χ2v) is 9.31. The Hall–Kier alpha value is -1.67.